The highest BCUT2D eigenvalue weighted by Gasteiger charge is 2.43. The lowest BCUT2D eigenvalue weighted by Crippen LogP contribution is -2.42. The Morgan fingerprint density at radius 3 is 2.45 bits per heavy atom. The van der Waals surface area contributed by atoms with Gasteiger partial charge in [-0.3, -0.25) is 0 Å². The first-order chi connectivity index (χ1) is 9.28. The number of aliphatic hydroxyl groups excluding tert-OH is 1. The topological polar surface area (TPSA) is 59.1 Å². The molecule has 1 aromatic rings. The van der Waals surface area contributed by atoms with Crippen LogP contribution in [0.3, 0.4) is 0 Å². The molecule has 114 valence electrons. The number of rotatable bonds is 3. The van der Waals surface area contributed by atoms with E-state index in [0.29, 0.717) is 12.0 Å². The van der Waals surface area contributed by atoms with Gasteiger partial charge in [-0.05, 0) is 43.9 Å². The Balaban J connectivity index is 2.12. The summed E-state index contributed by atoms with van der Waals surface area (Å²) >= 11 is 1.60. The Morgan fingerprint density at radius 1 is 1.45 bits per heavy atom. The molecule has 1 aliphatic rings. The van der Waals surface area contributed by atoms with E-state index in [4.69, 9.17) is 5.73 Å². The summed E-state index contributed by atoms with van der Waals surface area (Å²) in [6, 6.07) is 0. The van der Waals surface area contributed by atoms with Gasteiger partial charge in [-0.25, -0.2) is 4.98 Å². The third-order valence-corrected chi connectivity index (χ3v) is 5.90. The average molecular weight is 296 g/mol. The molecule has 1 atom stereocenters. The van der Waals surface area contributed by atoms with Crippen molar-refractivity contribution in [3.63, 3.8) is 0 Å². The van der Waals surface area contributed by atoms with Gasteiger partial charge in [0.2, 0.25) is 0 Å². The van der Waals surface area contributed by atoms with Crippen LogP contribution in [0.4, 0.5) is 0 Å². The molecule has 0 aromatic carbocycles. The Hall–Kier alpha value is -0.450. The highest BCUT2D eigenvalue weighted by molar-refractivity contribution is 7.09. The van der Waals surface area contributed by atoms with Gasteiger partial charge in [0.1, 0.15) is 6.10 Å². The van der Waals surface area contributed by atoms with Crippen LogP contribution in [0.25, 0.3) is 0 Å². The Labute approximate surface area is 126 Å². The van der Waals surface area contributed by atoms with Crippen molar-refractivity contribution in [1.82, 2.24) is 4.98 Å². The largest absolute Gasteiger partial charge is 0.386 e. The second-order valence-electron chi connectivity index (χ2n) is 7.40. The summed E-state index contributed by atoms with van der Waals surface area (Å²) in [5, 5.41) is 13.8. The van der Waals surface area contributed by atoms with Crippen molar-refractivity contribution in [2.24, 2.45) is 22.5 Å². The fraction of sp³-hybridized carbons (Fsp3) is 0.812. The third-order valence-electron chi connectivity index (χ3n) is 5.11. The molecule has 0 aliphatic heterocycles. The standard InChI is InChI=1S/C16H28N2OS/c1-11-18-13(9-20-11)14(19)16(10-17)7-5-12(6-8-16)15(2,3)4/h9,12,14,19H,5-8,10,17H2,1-4H3. The zero-order chi connectivity index (χ0) is 15.0. The van der Waals surface area contributed by atoms with Crippen LogP contribution < -0.4 is 5.73 Å². The van der Waals surface area contributed by atoms with Crippen LogP contribution >= 0.6 is 11.3 Å². The highest BCUT2D eigenvalue weighted by atomic mass is 32.1. The van der Waals surface area contributed by atoms with E-state index >= 15 is 0 Å². The average Bonchev–Trinajstić information content (AvgIpc) is 2.83. The molecule has 20 heavy (non-hydrogen) atoms. The number of thiazole rings is 1. The molecule has 0 spiro atoms. The van der Waals surface area contributed by atoms with Crippen LogP contribution in [0.1, 0.15) is 63.3 Å². The SMILES string of the molecule is Cc1nc(C(O)C2(CN)CCC(C(C)(C)C)CC2)cs1. The Bertz CT molecular complexity index is 442. The van der Waals surface area contributed by atoms with Gasteiger partial charge >= 0.3 is 0 Å². The number of nitrogens with zero attached hydrogens (tertiary/aromatic N) is 1. The monoisotopic (exact) mass is 296 g/mol. The lowest BCUT2D eigenvalue weighted by atomic mass is 9.62. The quantitative estimate of drug-likeness (QED) is 0.894. The number of hydrogen-bond acceptors (Lipinski definition) is 4. The lowest BCUT2D eigenvalue weighted by Gasteiger charge is -2.45. The molecular formula is C16H28N2OS. The fourth-order valence-corrected chi connectivity index (χ4v) is 4.10. The number of aliphatic hydroxyl groups is 1. The summed E-state index contributed by atoms with van der Waals surface area (Å²) in [6.45, 7) is 9.46. The number of aromatic nitrogens is 1. The summed E-state index contributed by atoms with van der Waals surface area (Å²) in [5.74, 6) is 0.728. The second kappa shape index (κ2) is 5.74. The van der Waals surface area contributed by atoms with Crippen LogP contribution in [-0.4, -0.2) is 16.6 Å². The van der Waals surface area contributed by atoms with E-state index in [1.807, 2.05) is 12.3 Å². The zero-order valence-electron chi connectivity index (χ0n) is 13.1. The van der Waals surface area contributed by atoms with Gasteiger partial charge in [0.15, 0.2) is 0 Å². The first-order valence-electron chi connectivity index (χ1n) is 7.59. The molecule has 4 heteroatoms. The third kappa shape index (κ3) is 3.07. The summed E-state index contributed by atoms with van der Waals surface area (Å²) in [6.07, 6.45) is 3.80. The van der Waals surface area contributed by atoms with Crippen LogP contribution in [0.15, 0.2) is 5.38 Å². The van der Waals surface area contributed by atoms with Crippen molar-refractivity contribution in [2.45, 2.75) is 59.5 Å². The summed E-state index contributed by atoms with van der Waals surface area (Å²) in [4.78, 5) is 4.46. The van der Waals surface area contributed by atoms with Crippen LogP contribution in [-0.2, 0) is 0 Å². The fourth-order valence-electron chi connectivity index (χ4n) is 3.47. The first-order valence-corrected chi connectivity index (χ1v) is 8.46. The van der Waals surface area contributed by atoms with Gasteiger partial charge in [0, 0.05) is 17.3 Å². The summed E-state index contributed by atoms with van der Waals surface area (Å²) in [5.41, 5.74) is 7.04. The van der Waals surface area contributed by atoms with Gasteiger partial charge in [-0.15, -0.1) is 11.3 Å². The smallest absolute Gasteiger partial charge is 0.104 e. The first kappa shape index (κ1) is 15.9. The predicted octanol–water partition coefficient (Wildman–Crippen LogP) is 3.67. The van der Waals surface area contributed by atoms with Crippen LogP contribution in [0.5, 0.6) is 0 Å². The molecular weight excluding hydrogens is 268 g/mol. The Kier molecular flexibility index (Phi) is 4.57. The van der Waals surface area contributed by atoms with E-state index < -0.39 is 6.10 Å². The van der Waals surface area contributed by atoms with Crippen LogP contribution in [0, 0.1) is 23.7 Å². The molecule has 1 aromatic heterocycles. The zero-order valence-corrected chi connectivity index (χ0v) is 14.0. The molecule has 3 N–H and O–H groups in total. The molecule has 1 fully saturated rings. The van der Waals surface area contributed by atoms with Crippen molar-refractivity contribution in [3.8, 4) is 0 Å². The van der Waals surface area contributed by atoms with Crippen LogP contribution in [0.2, 0.25) is 0 Å². The normalized spacial score (nSPS) is 29.4. The molecule has 3 nitrogen and oxygen atoms in total. The minimum Gasteiger partial charge on any atom is -0.386 e. The Morgan fingerprint density at radius 2 is 2.05 bits per heavy atom. The second-order valence-corrected chi connectivity index (χ2v) is 8.46. The molecule has 2 rings (SSSR count). The molecule has 1 saturated carbocycles. The van der Waals surface area contributed by atoms with Gasteiger partial charge in [-0.2, -0.15) is 0 Å². The van der Waals surface area contributed by atoms with Crippen molar-refractivity contribution in [1.29, 1.82) is 0 Å². The maximum atomic E-state index is 10.8. The maximum absolute atomic E-state index is 10.8. The van der Waals surface area contributed by atoms with Gasteiger partial charge in [0.05, 0.1) is 10.7 Å². The van der Waals surface area contributed by atoms with E-state index in [9.17, 15) is 5.11 Å². The van der Waals surface area contributed by atoms with Crippen molar-refractivity contribution in [2.75, 3.05) is 6.54 Å². The molecule has 1 unspecified atom stereocenters. The number of aryl methyl sites for hydroxylation is 1. The van der Waals surface area contributed by atoms with Crippen molar-refractivity contribution in [3.05, 3.63) is 16.1 Å². The maximum Gasteiger partial charge on any atom is 0.104 e. The van der Waals surface area contributed by atoms with E-state index in [1.165, 1.54) is 0 Å². The molecule has 0 saturated heterocycles. The van der Waals surface area contributed by atoms with Gasteiger partial charge in [-0.1, -0.05) is 20.8 Å². The van der Waals surface area contributed by atoms with E-state index in [1.54, 1.807) is 11.3 Å². The van der Waals surface area contributed by atoms with Gasteiger partial charge in [0.25, 0.3) is 0 Å². The van der Waals surface area contributed by atoms with Crippen molar-refractivity contribution >= 4 is 11.3 Å². The molecule has 1 heterocycles. The number of hydrogen-bond donors (Lipinski definition) is 2. The minimum absolute atomic E-state index is 0.178. The molecule has 0 amide bonds. The molecule has 0 radical (unpaired) electrons. The van der Waals surface area contributed by atoms with E-state index in [-0.39, 0.29) is 5.41 Å². The van der Waals surface area contributed by atoms with E-state index in [2.05, 4.69) is 25.8 Å². The minimum atomic E-state index is -0.515. The number of nitrogens with two attached hydrogens (primary N) is 1. The molecule has 1 aliphatic carbocycles. The summed E-state index contributed by atoms with van der Waals surface area (Å²) in [7, 11) is 0. The predicted molar refractivity (Wildman–Crippen MR) is 84.7 cm³/mol. The summed E-state index contributed by atoms with van der Waals surface area (Å²) < 4.78 is 0. The van der Waals surface area contributed by atoms with E-state index in [0.717, 1.165) is 42.3 Å². The van der Waals surface area contributed by atoms with Crippen molar-refractivity contribution < 1.29 is 5.11 Å². The van der Waals surface area contributed by atoms with Gasteiger partial charge < -0.3 is 10.8 Å². The molecule has 0 bridgehead atoms. The lowest BCUT2D eigenvalue weighted by molar-refractivity contribution is -0.0254. The highest BCUT2D eigenvalue weighted by Crippen LogP contribution is 2.50.